The molecule has 246 valence electrons. The third-order valence-corrected chi connectivity index (χ3v) is 7.42. The number of benzene rings is 1. The van der Waals surface area contributed by atoms with Gasteiger partial charge in [-0.05, 0) is 61.4 Å². The fourth-order valence-corrected chi connectivity index (χ4v) is 5.19. The van der Waals surface area contributed by atoms with Crippen molar-refractivity contribution in [2.75, 3.05) is 27.2 Å². The molecule has 1 amide bonds. The fraction of sp³-hybridized carbons (Fsp3) is 0.606. The Labute approximate surface area is 261 Å². The predicted octanol–water partition coefficient (Wildman–Crippen LogP) is 3.17. The second-order valence-corrected chi connectivity index (χ2v) is 14.3. The third-order valence-electron chi connectivity index (χ3n) is 7.42. The third kappa shape index (κ3) is 10.2. The number of aliphatic hydroxyl groups excluding tert-OH is 3. The maximum absolute atomic E-state index is 13.7. The smallest absolute Gasteiger partial charge is 0.255 e. The van der Waals surface area contributed by atoms with E-state index < -0.39 is 46.7 Å². The Morgan fingerprint density at radius 2 is 1.50 bits per heavy atom. The molecule has 0 saturated heterocycles. The van der Waals surface area contributed by atoms with Gasteiger partial charge in [-0.2, -0.15) is 0 Å². The number of likely N-dealkylation sites (N-methyl/N-ethyl adjacent to an activating group) is 1. The van der Waals surface area contributed by atoms with Crippen LogP contribution in [-0.2, 0) is 29.1 Å². The first-order chi connectivity index (χ1) is 20.2. The number of hydrogen-bond donors (Lipinski definition) is 7. The number of primary amides is 1. The van der Waals surface area contributed by atoms with Crippen LogP contribution >= 0.6 is 0 Å². The molecule has 0 bridgehead atoms. The van der Waals surface area contributed by atoms with Gasteiger partial charge in [-0.15, -0.1) is 0 Å². The van der Waals surface area contributed by atoms with Gasteiger partial charge < -0.3 is 36.8 Å². The highest BCUT2D eigenvalue weighted by Gasteiger charge is 2.34. The predicted molar refractivity (Wildman–Crippen MR) is 170 cm³/mol. The summed E-state index contributed by atoms with van der Waals surface area (Å²) in [7, 11) is 3.34. The molecule has 2 rings (SSSR count). The highest BCUT2D eigenvalue weighted by molar-refractivity contribution is 6.21. The average Bonchev–Trinajstić information content (AvgIpc) is 2.87. The number of carbonyl (C=O) groups is 3. The van der Waals surface area contributed by atoms with Crippen LogP contribution in [0.15, 0.2) is 29.2 Å². The Morgan fingerprint density at radius 1 is 0.955 bits per heavy atom. The monoisotopic (exact) mass is 616 g/mol. The number of nitrogens with one attached hydrogen (secondary N) is 2. The summed E-state index contributed by atoms with van der Waals surface area (Å²) in [6, 6.07) is 1.11. The van der Waals surface area contributed by atoms with Crippen molar-refractivity contribution in [3.8, 4) is 5.75 Å². The number of rotatable bonds is 8. The van der Waals surface area contributed by atoms with Crippen molar-refractivity contribution in [1.29, 1.82) is 0 Å². The number of fused-ring (bicyclic) bond motifs is 1. The standard InChI is InChI=1S/C33H52N4O7/c1-32(2,3)17-35-15-19-13-20(16-36-18-33(4,5)6)27(40)25-21(19)11-9-10-12-22(37(7)8)28(41)26(31(34)44)30(43)29(42)24(39)14-23(25)38/h13-14,22,29,35-36,39-42H,9-12,15-18H2,1-8H3,(H2,34,44)/b24-14-,28-26-/t22?,29-/m0/s1. The number of aromatic hydroxyl groups is 1. The van der Waals surface area contributed by atoms with Gasteiger partial charge in [0.25, 0.3) is 5.91 Å². The molecule has 1 aromatic rings. The molecule has 44 heavy (non-hydrogen) atoms. The number of hydrogen-bond acceptors (Lipinski definition) is 10. The molecule has 0 aromatic heterocycles. The zero-order valence-corrected chi connectivity index (χ0v) is 27.5. The molecule has 0 fully saturated rings. The number of Topliss-reactive ketones (excluding diaryl/α,β-unsaturated/α-hetero) is 1. The van der Waals surface area contributed by atoms with Crippen molar-refractivity contribution in [3.05, 3.63) is 51.5 Å². The van der Waals surface area contributed by atoms with Crippen LogP contribution < -0.4 is 16.4 Å². The van der Waals surface area contributed by atoms with E-state index in [1.165, 1.54) is 0 Å². The molecule has 11 heteroatoms. The van der Waals surface area contributed by atoms with Crippen LogP contribution in [0.4, 0.5) is 0 Å². The molecular weight excluding hydrogens is 564 g/mol. The van der Waals surface area contributed by atoms with Crippen LogP contribution in [0.25, 0.3) is 0 Å². The van der Waals surface area contributed by atoms with E-state index in [0.29, 0.717) is 62.5 Å². The number of aliphatic hydroxyl groups is 3. The van der Waals surface area contributed by atoms with E-state index in [9.17, 15) is 34.8 Å². The SMILES string of the molecule is CN(C)C1CCCCc2c(CNCC(C)(C)C)cc(CNCC(C)(C)C)c(O)c2C(=O)/C=C(\O)[C@H](O)C(=O)/C(C(N)=O)=C\1O. The second kappa shape index (κ2) is 15.2. The van der Waals surface area contributed by atoms with E-state index in [1.54, 1.807) is 19.0 Å². The van der Waals surface area contributed by atoms with Gasteiger partial charge in [-0.25, -0.2) is 0 Å². The molecule has 2 atom stereocenters. The van der Waals surface area contributed by atoms with E-state index in [4.69, 9.17) is 5.73 Å². The summed E-state index contributed by atoms with van der Waals surface area (Å²) in [5.74, 6) is -5.32. The first kappa shape index (κ1) is 36.9. The summed E-state index contributed by atoms with van der Waals surface area (Å²) in [5.41, 5.74) is 6.42. The van der Waals surface area contributed by atoms with Crippen molar-refractivity contribution in [2.24, 2.45) is 16.6 Å². The Hall–Kier alpha value is -3.25. The lowest BCUT2D eigenvalue weighted by Crippen LogP contribution is -2.37. The van der Waals surface area contributed by atoms with E-state index in [2.05, 4.69) is 52.2 Å². The number of ketones is 2. The summed E-state index contributed by atoms with van der Waals surface area (Å²) in [6.07, 6.45) is 0.107. The highest BCUT2D eigenvalue weighted by Crippen LogP contribution is 2.33. The first-order valence-electron chi connectivity index (χ1n) is 15.1. The van der Waals surface area contributed by atoms with Gasteiger partial charge in [0.1, 0.15) is 22.8 Å². The van der Waals surface area contributed by atoms with Gasteiger partial charge in [0, 0.05) is 37.8 Å². The summed E-state index contributed by atoms with van der Waals surface area (Å²) in [5, 5.41) is 50.6. The van der Waals surface area contributed by atoms with Gasteiger partial charge in [-0.1, -0.05) is 48.0 Å². The van der Waals surface area contributed by atoms with Crippen molar-refractivity contribution >= 4 is 17.5 Å². The Bertz CT molecular complexity index is 1290. The van der Waals surface area contributed by atoms with Crippen molar-refractivity contribution in [3.63, 3.8) is 0 Å². The Balaban J connectivity index is 2.74. The van der Waals surface area contributed by atoms with Crippen molar-refractivity contribution in [2.45, 2.75) is 92.5 Å². The molecule has 1 aliphatic rings. The molecule has 0 radical (unpaired) electrons. The van der Waals surface area contributed by atoms with Crippen molar-refractivity contribution in [1.82, 2.24) is 15.5 Å². The molecule has 0 heterocycles. The number of allylic oxidation sites excluding steroid dienone is 1. The van der Waals surface area contributed by atoms with Gasteiger partial charge in [0.15, 0.2) is 11.9 Å². The average molecular weight is 617 g/mol. The first-order valence-corrected chi connectivity index (χ1v) is 15.1. The van der Waals surface area contributed by atoms with Gasteiger partial charge in [-0.3, -0.25) is 19.3 Å². The maximum Gasteiger partial charge on any atom is 0.255 e. The number of amides is 1. The van der Waals surface area contributed by atoms with Crippen molar-refractivity contribution < 1.29 is 34.8 Å². The number of phenolic OH excluding ortho intramolecular Hbond substituents is 1. The second-order valence-electron chi connectivity index (χ2n) is 14.3. The molecule has 0 spiro atoms. The largest absolute Gasteiger partial charge is 0.510 e. The van der Waals surface area contributed by atoms with Crippen LogP contribution in [0.1, 0.15) is 87.9 Å². The molecule has 0 saturated carbocycles. The van der Waals surface area contributed by atoms with E-state index in [0.717, 1.165) is 5.56 Å². The summed E-state index contributed by atoms with van der Waals surface area (Å²) < 4.78 is 0. The topological polar surface area (TPSA) is 185 Å². The minimum Gasteiger partial charge on any atom is -0.510 e. The minimum absolute atomic E-state index is 0.00172. The summed E-state index contributed by atoms with van der Waals surface area (Å²) >= 11 is 0. The molecule has 1 unspecified atom stereocenters. The maximum atomic E-state index is 13.7. The highest BCUT2D eigenvalue weighted by atomic mass is 16.3. The normalized spacial score (nSPS) is 22.4. The Kier molecular flexibility index (Phi) is 12.7. The number of nitrogens with two attached hydrogens (primary N) is 1. The van der Waals surface area contributed by atoms with Gasteiger partial charge in [0.05, 0.1) is 11.6 Å². The Morgan fingerprint density at radius 3 is 2.00 bits per heavy atom. The molecule has 1 aromatic carbocycles. The van der Waals surface area contributed by atoms with E-state index in [-0.39, 0.29) is 28.7 Å². The molecule has 11 nitrogen and oxygen atoms in total. The fourth-order valence-electron chi connectivity index (χ4n) is 5.19. The van der Waals surface area contributed by atoms with Crippen LogP contribution in [0.5, 0.6) is 5.75 Å². The lowest BCUT2D eigenvalue weighted by atomic mass is 9.88. The lowest BCUT2D eigenvalue weighted by Gasteiger charge is -2.26. The van der Waals surface area contributed by atoms with Gasteiger partial charge in [0.2, 0.25) is 5.78 Å². The molecule has 0 aliphatic heterocycles. The van der Waals surface area contributed by atoms with Gasteiger partial charge >= 0.3 is 0 Å². The molecule has 8 N–H and O–H groups in total. The number of phenols is 1. The van der Waals surface area contributed by atoms with Crippen LogP contribution in [-0.4, -0.2) is 82.1 Å². The minimum atomic E-state index is -2.34. The zero-order valence-electron chi connectivity index (χ0n) is 27.5. The van der Waals surface area contributed by atoms with Crippen LogP contribution in [0.2, 0.25) is 0 Å². The van der Waals surface area contributed by atoms with E-state index >= 15 is 0 Å². The van der Waals surface area contributed by atoms with Crippen LogP contribution in [0.3, 0.4) is 0 Å². The number of nitrogens with zero attached hydrogens (tertiary/aromatic N) is 1. The quantitative estimate of drug-likeness (QED) is 0.214. The lowest BCUT2D eigenvalue weighted by molar-refractivity contribution is -0.126. The zero-order chi connectivity index (χ0) is 33.6. The molecular formula is C33H52N4O7. The van der Waals surface area contributed by atoms with Crippen LogP contribution in [0, 0.1) is 10.8 Å². The summed E-state index contributed by atoms with van der Waals surface area (Å²) in [6.45, 7) is 14.6. The number of carbonyl (C=O) groups excluding carboxylic acids is 3. The summed E-state index contributed by atoms with van der Waals surface area (Å²) in [4.78, 5) is 40.7. The molecule has 1 aliphatic carbocycles. The van der Waals surface area contributed by atoms with E-state index in [1.807, 2.05) is 6.07 Å².